The Labute approximate surface area is 253 Å². The molecule has 3 nitrogen and oxygen atoms in total. The Morgan fingerprint density at radius 2 is 0.800 bits per heavy atom. The van der Waals surface area contributed by atoms with Crippen LogP contribution in [-0.2, 0) is 9.47 Å². The van der Waals surface area contributed by atoms with Crippen molar-refractivity contribution in [2.24, 2.45) is 35.5 Å². The highest BCUT2D eigenvalue weighted by Crippen LogP contribution is 2.22. The van der Waals surface area contributed by atoms with Gasteiger partial charge < -0.3 is 14.6 Å². The van der Waals surface area contributed by atoms with Gasteiger partial charge in [-0.3, -0.25) is 0 Å². The molecule has 0 aromatic rings. The molecule has 0 rings (SSSR count). The Bertz CT molecular complexity index is 506. The smallest absolute Gasteiger partial charge is 0.104 e. The van der Waals surface area contributed by atoms with Gasteiger partial charge in [0.05, 0.1) is 13.2 Å². The van der Waals surface area contributed by atoms with E-state index in [1.165, 1.54) is 103 Å². The van der Waals surface area contributed by atoms with Crippen molar-refractivity contribution in [3.8, 4) is 0 Å². The summed E-state index contributed by atoms with van der Waals surface area (Å²) in [7, 11) is 0. The van der Waals surface area contributed by atoms with Gasteiger partial charge in [0.1, 0.15) is 6.10 Å². The first-order valence-electron chi connectivity index (χ1n) is 17.9. The van der Waals surface area contributed by atoms with E-state index in [1.54, 1.807) is 0 Å². The molecule has 242 valence electrons. The first kappa shape index (κ1) is 39.9. The predicted octanol–water partition coefficient (Wildman–Crippen LogP) is 11.3. The number of hydrogen-bond acceptors (Lipinski definition) is 3. The quantitative estimate of drug-likeness (QED) is 0.0876. The van der Waals surface area contributed by atoms with E-state index in [9.17, 15) is 5.11 Å². The van der Waals surface area contributed by atoms with Crippen molar-refractivity contribution in [2.45, 2.75) is 177 Å². The lowest BCUT2D eigenvalue weighted by atomic mass is 9.93. The third kappa shape index (κ3) is 28.0. The van der Waals surface area contributed by atoms with Crippen LogP contribution >= 0.6 is 0 Å². The predicted molar refractivity (Wildman–Crippen MR) is 177 cm³/mol. The van der Waals surface area contributed by atoms with Crippen molar-refractivity contribution in [1.29, 1.82) is 0 Å². The minimum Gasteiger partial charge on any atom is -0.394 e. The van der Waals surface area contributed by atoms with Gasteiger partial charge in [-0.15, -0.1) is 0 Å². The van der Waals surface area contributed by atoms with Gasteiger partial charge in [0.25, 0.3) is 0 Å². The van der Waals surface area contributed by atoms with Gasteiger partial charge in [0.2, 0.25) is 0 Å². The number of rotatable bonds is 30. The van der Waals surface area contributed by atoms with Crippen molar-refractivity contribution in [3.63, 3.8) is 0 Å². The lowest BCUT2D eigenvalue weighted by Crippen LogP contribution is -2.25. The van der Waals surface area contributed by atoms with Crippen LogP contribution in [0, 0.1) is 35.5 Å². The minimum atomic E-state index is -0.181. The minimum absolute atomic E-state index is 0.0495. The molecule has 1 N–H and O–H groups in total. The standard InChI is InChI=1S/C37H76O3/c1-31(2)17-12-10-9-11-13-19-33(5)21-15-24-36(8)26-28-40-37(29-38)30-39-27-25-35(7)23-16-22-34(6)20-14-18-32(3)4/h31-38H,9-30H2,1-8H3/t33-,34-,35+,36-,37-/m1/s1. The largest absolute Gasteiger partial charge is 0.394 e. The highest BCUT2D eigenvalue weighted by molar-refractivity contribution is 4.62. The maximum absolute atomic E-state index is 9.71. The van der Waals surface area contributed by atoms with Crippen molar-refractivity contribution < 1.29 is 14.6 Å². The molecular formula is C37H76O3. The lowest BCUT2D eigenvalue weighted by molar-refractivity contribution is -0.0471. The van der Waals surface area contributed by atoms with Crippen LogP contribution in [0.4, 0.5) is 0 Å². The van der Waals surface area contributed by atoms with Crippen molar-refractivity contribution in [3.05, 3.63) is 0 Å². The third-order valence-corrected chi connectivity index (χ3v) is 8.97. The number of ether oxygens (including phenoxy) is 2. The van der Waals surface area contributed by atoms with E-state index in [2.05, 4.69) is 55.4 Å². The molecule has 5 atom stereocenters. The van der Waals surface area contributed by atoms with Crippen LogP contribution < -0.4 is 0 Å². The Hall–Kier alpha value is -0.120. The van der Waals surface area contributed by atoms with E-state index in [0.717, 1.165) is 49.7 Å². The molecule has 3 heteroatoms. The molecule has 0 aromatic heterocycles. The fourth-order valence-corrected chi connectivity index (χ4v) is 5.75. The van der Waals surface area contributed by atoms with Crippen LogP contribution in [0.25, 0.3) is 0 Å². The summed E-state index contributed by atoms with van der Waals surface area (Å²) >= 11 is 0. The molecular weight excluding hydrogens is 492 g/mol. The molecule has 0 aromatic carbocycles. The van der Waals surface area contributed by atoms with Gasteiger partial charge >= 0.3 is 0 Å². The SMILES string of the molecule is CC(C)CCCCCCC[C@@H](C)CCC[C@@H](C)CCO[C@H](CO)COCC[C@@H](C)CCC[C@H](C)CCCC(C)C. The molecule has 0 unspecified atom stereocenters. The molecule has 0 amide bonds. The Morgan fingerprint density at radius 1 is 0.425 bits per heavy atom. The second kappa shape index (κ2) is 27.7. The number of unbranched alkanes of at least 4 members (excludes halogenated alkanes) is 4. The molecule has 0 aliphatic rings. The third-order valence-electron chi connectivity index (χ3n) is 8.97. The van der Waals surface area contributed by atoms with E-state index in [-0.39, 0.29) is 12.7 Å². The molecule has 0 bridgehead atoms. The first-order chi connectivity index (χ1) is 19.1. The van der Waals surface area contributed by atoms with Gasteiger partial charge in [0, 0.05) is 13.2 Å². The topological polar surface area (TPSA) is 38.7 Å². The molecule has 0 aliphatic heterocycles. The van der Waals surface area contributed by atoms with E-state index in [1.807, 2.05) is 0 Å². The van der Waals surface area contributed by atoms with Crippen LogP contribution in [-0.4, -0.2) is 37.6 Å². The molecule has 0 saturated carbocycles. The molecule has 0 radical (unpaired) electrons. The van der Waals surface area contributed by atoms with Gasteiger partial charge in [-0.1, -0.05) is 158 Å². The Morgan fingerprint density at radius 3 is 1.30 bits per heavy atom. The highest BCUT2D eigenvalue weighted by Gasteiger charge is 2.12. The maximum Gasteiger partial charge on any atom is 0.104 e. The van der Waals surface area contributed by atoms with Crippen LogP contribution in [0.5, 0.6) is 0 Å². The van der Waals surface area contributed by atoms with Crippen LogP contribution in [0.3, 0.4) is 0 Å². The molecule has 0 fully saturated rings. The maximum atomic E-state index is 9.71. The van der Waals surface area contributed by atoms with E-state index in [0.29, 0.717) is 18.4 Å². The molecule has 40 heavy (non-hydrogen) atoms. The number of aliphatic hydroxyl groups is 1. The number of aliphatic hydroxyl groups excluding tert-OH is 1. The van der Waals surface area contributed by atoms with Crippen LogP contribution in [0.2, 0.25) is 0 Å². The molecule has 0 heterocycles. The van der Waals surface area contributed by atoms with Crippen molar-refractivity contribution >= 4 is 0 Å². The fourth-order valence-electron chi connectivity index (χ4n) is 5.75. The summed E-state index contributed by atoms with van der Waals surface area (Å²) in [5, 5.41) is 9.71. The monoisotopic (exact) mass is 569 g/mol. The normalized spacial score (nSPS) is 16.0. The summed E-state index contributed by atoms with van der Waals surface area (Å²) in [5.41, 5.74) is 0. The van der Waals surface area contributed by atoms with Gasteiger partial charge in [-0.05, 0) is 48.3 Å². The zero-order valence-corrected chi connectivity index (χ0v) is 28.9. The van der Waals surface area contributed by atoms with Gasteiger partial charge in [-0.25, -0.2) is 0 Å². The zero-order chi connectivity index (χ0) is 30.0. The average Bonchev–Trinajstić information content (AvgIpc) is 2.89. The summed E-state index contributed by atoms with van der Waals surface area (Å²) < 4.78 is 11.9. The van der Waals surface area contributed by atoms with E-state index < -0.39 is 0 Å². The van der Waals surface area contributed by atoms with Gasteiger partial charge in [0.15, 0.2) is 0 Å². The summed E-state index contributed by atoms with van der Waals surface area (Å²) in [6.07, 6.45) is 24.0. The summed E-state index contributed by atoms with van der Waals surface area (Å²) in [6.45, 7) is 20.9. The highest BCUT2D eigenvalue weighted by atomic mass is 16.5. The van der Waals surface area contributed by atoms with E-state index >= 15 is 0 Å². The summed E-state index contributed by atoms with van der Waals surface area (Å²) in [6, 6.07) is 0. The van der Waals surface area contributed by atoms with E-state index in [4.69, 9.17) is 9.47 Å². The summed E-state index contributed by atoms with van der Waals surface area (Å²) in [4.78, 5) is 0. The summed E-state index contributed by atoms with van der Waals surface area (Å²) in [5.74, 6) is 4.82. The van der Waals surface area contributed by atoms with Crippen LogP contribution in [0.15, 0.2) is 0 Å². The van der Waals surface area contributed by atoms with Crippen molar-refractivity contribution in [2.75, 3.05) is 26.4 Å². The molecule has 0 spiro atoms. The second-order valence-electron chi connectivity index (χ2n) is 14.7. The zero-order valence-electron chi connectivity index (χ0n) is 28.9. The second-order valence-corrected chi connectivity index (χ2v) is 14.7. The van der Waals surface area contributed by atoms with Crippen LogP contribution in [0.1, 0.15) is 171 Å². The fraction of sp³-hybridized carbons (Fsp3) is 1.00. The molecule has 0 aliphatic carbocycles. The van der Waals surface area contributed by atoms with Gasteiger partial charge in [-0.2, -0.15) is 0 Å². The Balaban J connectivity index is 3.69. The van der Waals surface area contributed by atoms with Crippen molar-refractivity contribution in [1.82, 2.24) is 0 Å². The first-order valence-corrected chi connectivity index (χ1v) is 17.9. The average molecular weight is 569 g/mol. The number of hydrogen-bond donors (Lipinski definition) is 1. The Kier molecular flexibility index (Phi) is 27.6. The lowest BCUT2D eigenvalue weighted by Gasteiger charge is -2.19. The molecule has 0 saturated heterocycles.